The molecule has 2 aromatic carbocycles. The summed E-state index contributed by atoms with van der Waals surface area (Å²) >= 11 is 1.65. The van der Waals surface area contributed by atoms with Gasteiger partial charge in [-0.3, -0.25) is 14.4 Å². The number of hydrogen-bond acceptors (Lipinski definition) is 7. The van der Waals surface area contributed by atoms with Crippen molar-refractivity contribution in [1.82, 2.24) is 4.90 Å². The molecule has 5 rings (SSSR count). The highest BCUT2D eigenvalue weighted by Gasteiger charge is 2.77. The number of rotatable bonds is 17. The average molecular weight is 717 g/mol. The minimum atomic E-state index is -0.866. The van der Waals surface area contributed by atoms with E-state index in [4.69, 9.17) is 4.74 Å². The van der Waals surface area contributed by atoms with Crippen LogP contribution < -0.4 is 19.4 Å². The second kappa shape index (κ2) is 16.3. The van der Waals surface area contributed by atoms with Gasteiger partial charge in [0.1, 0.15) is 11.8 Å². The first-order valence-electron chi connectivity index (χ1n) is 18.6. The van der Waals surface area contributed by atoms with Gasteiger partial charge in [0.05, 0.1) is 35.8 Å². The Labute approximate surface area is 308 Å². The van der Waals surface area contributed by atoms with Crippen LogP contribution in [0.4, 0.5) is 17.1 Å². The number of carbonyl (C=O) groups excluding carboxylic acids is 3. The Kier molecular flexibility index (Phi) is 12.3. The number of ether oxygens (including phenoxy) is 1. The summed E-state index contributed by atoms with van der Waals surface area (Å²) in [4.78, 5) is 52.5. The van der Waals surface area contributed by atoms with Crippen LogP contribution in [0.3, 0.4) is 0 Å². The molecule has 1 N–H and O–H groups in total. The number of aliphatic hydroxyl groups excluding tert-OH is 1. The van der Waals surface area contributed by atoms with Crippen molar-refractivity contribution in [3.8, 4) is 5.75 Å². The van der Waals surface area contributed by atoms with Gasteiger partial charge in [-0.1, -0.05) is 32.9 Å². The third-order valence-corrected chi connectivity index (χ3v) is 13.0. The monoisotopic (exact) mass is 716 g/mol. The predicted molar refractivity (Wildman–Crippen MR) is 209 cm³/mol. The van der Waals surface area contributed by atoms with E-state index in [2.05, 4.69) is 52.7 Å². The number of benzene rings is 2. The van der Waals surface area contributed by atoms with Crippen LogP contribution in [0, 0.1) is 23.7 Å². The van der Waals surface area contributed by atoms with Crippen LogP contribution in [0.5, 0.6) is 5.75 Å². The number of hydrogen-bond donors (Lipinski definition) is 1. The first kappa shape index (κ1) is 38.5. The van der Waals surface area contributed by atoms with Crippen LogP contribution in [0.25, 0.3) is 0 Å². The van der Waals surface area contributed by atoms with E-state index in [0.29, 0.717) is 30.9 Å². The molecular formula is C41H56N4O5S. The van der Waals surface area contributed by atoms with Crippen molar-refractivity contribution >= 4 is 46.5 Å². The molecule has 3 aliphatic heterocycles. The molecule has 3 unspecified atom stereocenters. The zero-order chi connectivity index (χ0) is 37.0. The topological polar surface area (TPSA) is 93.6 Å². The predicted octanol–water partition coefficient (Wildman–Crippen LogP) is 6.41. The van der Waals surface area contributed by atoms with Crippen LogP contribution in [0.2, 0.25) is 0 Å². The third-order valence-electron chi connectivity index (χ3n) is 11.0. The summed E-state index contributed by atoms with van der Waals surface area (Å²) in [6.45, 7) is 22.8. The van der Waals surface area contributed by atoms with Gasteiger partial charge in [-0.25, -0.2) is 0 Å². The van der Waals surface area contributed by atoms with Gasteiger partial charge in [0.2, 0.25) is 11.8 Å². The van der Waals surface area contributed by atoms with Crippen molar-refractivity contribution in [1.29, 1.82) is 0 Å². The maximum absolute atomic E-state index is 15.3. The van der Waals surface area contributed by atoms with E-state index < -0.39 is 28.7 Å². The fourth-order valence-corrected chi connectivity index (χ4v) is 11.2. The fraction of sp³-hybridized carbons (Fsp3) is 0.537. The Balaban J connectivity index is 1.59. The van der Waals surface area contributed by atoms with Crippen molar-refractivity contribution < 1.29 is 24.2 Å². The lowest BCUT2D eigenvalue weighted by Gasteiger charge is -2.42. The molecule has 3 fully saturated rings. The summed E-state index contributed by atoms with van der Waals surface area (Å²) in [5.74, 6) is -1.05. The number of aliphatic hydroxyl groups is 1. The highest BCUT2D eigenvalue weighted by atomic mass is 32.2. The van der Waals surface area contributed by atoms with Crippen molar-refractivity contribution in [3.63, 3.8) is 0 Å². The fourth-order valence-electron chi connectivity index (χ4n) is 8.79. The molecular weight excluding hydrogens is 661 g/mol. The minimum absolute atomic E-state index is 0.0169. The molecule has 9 nitrogen and oxygen atoms in total. The van der Waals surface area contributed by atoms with Gasteiger partial charge >= 0.3 is 0 Å². The van der Waals surface area contributed by atoms with E-state index in [9.17, 15) is 9.90 Å². The minimum Gasteiger partial charge on any atom is -0.494 e. The first-order valence-corrected chi connectivity index (χ1v) is 19.4. The molecule has 10 heteroatoms. The second-order valence-corrected chi connectivity index (χ2v) is 15.9. The standard InChI is InChI=1S/C41H56N4O5S/c1-9-22-43(31-18-20-33(21-19-31)50-13-5)38(47)35-34-25-28(8)41(51-34)36(35)39(48)45(32(26-46)24-27(6)7)37(41)40(49)44(23-10-2)30-16-14-29(15-17-30)42(11-3)12-4/h9-10,14-21,27-28,32,34-37,46H,1-2,11-13,22-26H2,3-8H3/t28?,32-,34-,35+,36+,37?,41?/m1/s1. The quantitative estimate of drug-likeness (QED) is 0.189. The number of carbonyl (C=O) groups is 3. The van der Waals surface area contributed by atoms with Gasteiger partial charge in [-0.2, -0.15) is 0 Å². The van der Waals surface area contributed by atoms with Gasteiger partial charge in [0.25, 0.3) is 5.91 Å². The molecule has 276 valence electrons. The SMILES string of the molecule is C=CCN(C(=O)C1N([C@@H](CO)CC(C)C)C(=O)[C@@H]2[C@@H](C(=O)N(CC=C)c3ccc(OCC)cc3)[C@H]3CC(C)C12S3)c1ccc(N(CC)CC)cc1. The van der Waals surface area contributed by atoms with E-state index in [0.717, 1.165) is 24.5 Å². The van der Waals surface area contributed by atoms with Crippen molar-refractivity contribution in [2.75, 3.05) is 54.1 Å². The maximum Gasteiger partial charge on any atom is 0.251 e. The summed E-state index contributed by atoms with van der Waals surface area (Å²) in [6.07, 6.45) is 4.65. The van der Waals surface area contributed by atoms with Gasteiger partial charge < -0.3 is 29.4 Å². The van der Waals surface area contributed by atoms with Crippen LogP contribution in [-0.4, -0.2) is 89.2 Å². The van der Waals surface area contributed by atoms with Crippen LogP contribution in [0.15, 0.2) is 73.8 Å². The lowest BCUT2D eigenvalue weighted by Crippen LogP contribution is -2.59. The largest absolute Gasteiger partial charge is 0.494 e. The number of fused-ring (bicyclic) bond motifs is 1. The molecule has 0 saturated carbocycles. The van der Waals surface area contributed by atoms with Crippen LogP contribution >= 0.6 is 11.8 Å². The molecule has 7 atom stereocenters. The molecule has 3 heterocycles. The molecule has 0 radical (unpaired) electrons. The highest BCUT2D eigenvalue weighted by molar-refractivity contribution is 8.02. The zero-order valence-corrected chi connectivity index (χ0v) is 32.0. The molecule has 0 aliphatic carbocycles. The number of nitrogens with zero attached hydrogens (tertiary/aromatic N) is 4. The summed E-state index contributed by atoms with van der Waals surface area (Å²) in [5.41, 5.74) is 2.49. The van der Waals surface area contributed by atoms with Crippen molar-refractivity contribution in [2.45, 2.75) is 76.5 Å². The maximum atomic E-state index is 15.3. The Bertz CT molecular complexity index is 1560. The highest BCUT2D eigenvalue weighted by Crippen LogP contribution is 2.69. The van der Waals surface area contributed by atoms with Crippen LogP contribution in [0.1, 0.15) is 54.4 Å². The summed E-state index contributed by atoms with van der Waals surface area (Å²) in [7, 11) is 0. The zero-order valence-electron chi connectivity index (χ0n) is 31.2. The average Bonchev–Trinajstić information content (AvgIpc) is 3.72. The van der Waals surface area contributed by atoms with Gasteiger partial charge in [0, 0.05) is 48.5 Å². The third kappa shape index (κ3) is 6.93. The smallest absolute Gasteiger partial charge is 0.251 e. The molecule has 3 amide bonds. The summed E-state index contributed by atoms with van der Waals surface area (Å²) < 4.78 is 4.80. The van der Waals surface area contributed by atoms with Crippen LogP contribution in [-0.2, 0) is 14.4 Å². The number of likely N-dealkylation sites (tertiary alicyclic amines) is 1. The molecule has 2 bridgehead atoms. The summed E-state index contributed by atoms with van der Waals surface area (Å²) in [5, 5.41) is 10.7. The number of anilines is 3. The molecule has 51 heavy (non-hydrogen) atoms. The summed E-state index contributed by atoms with van der Waals surface area (Å²) in [6, 6.07) is 14.0. The molecule has 3 saturated heterocycles. The van der Waals surface area contributed by atoms with E-state index in [1.54, 1.807) is 38.6 Å². The molecule has 3 aliphatic rings. The van der Waals surface area contributed by atoms with Gasteiger partial charge in [-0.05, 0) is 94.0 Å². The lowest BCUT2D eigenvalue weighted by molar-refractivity contribution is -0.142. The Morgan fingerprint density at radius 2 is 1.51 bits per heavy atom. The second-order valence-electron chi connectivity index (χ2n) is 14.4. The lowest BCUT2D eigenvalue weighted by atomic mass is 9.65. The van der Waals surface area contributed by atoms with Crippen molar-refractivity contribution in [2.24, 2.45) is 23.7 Å². The van der Waals surface area contributed by atoms with Gasteiger partial charge in [-0.15, -0.1) is 24.9 Å². The molecule has 0 aromatic heterocycles. The van der Waals surface area contributed by atoms with E-state index in [1.807, 2.05) is 55.5 Å². The Morgan fingerprint density at radius 3 is 2.02 bits per heavy atom. The molecule has 1 spiro atoms. The van der Waals surface area contributed by atoms with E-state index in [1.165, 1.54) is 0 Å². The molecule has 2 aromatic rings. The Hall–Kier alpha value is -3.76. The van der Waals surface area contributed by atoms with Gasteiger partial charge in [0.15, 0.2) is 0 Å². The van der Waals surface area contributed by atoms with E-state index >= 15 is 9.59 Å². The van der Waals surface area contributed by atoms with Crippen molar-refractivity contribution in [3.05, 3.63) is 73.8 Å². The first-order chi connectivity index (χ1) is 24.5. The number of amides is 3. The normalized spacial score (nSPS) is 25.5. The van der Waals surface area contributed by atoms with E-state index in [-0.39, 0.29) is 54.5 Å². The number of thioether (sulfide) groups is 1. The Morgan fingerprint density at radius 1 is 0.961 bits per heavy atom.